The predicted molar refractivity (Wildman–Crippen MR) is 74.1 cm³/mol. The monoisotopic (exact) mass is 312 g/mol. The van der Waals surface area contributed by atoms with Crippen LogP contribution >= 0.6 is 15.9 Å². The van der Waals surface area contributed by atoms with E-state index in [0.717, 1.165) is 24.1 Å². The minimum absolute atomic E-state index is 0.0216. The third-order valence-electron chi connectivity index (χ3n) is 3.17. The van der Waals surface area contributed by atoms with Crippen molar-refractivity contribution < 1.29 is 9.53 Å². The highest BCUT2D eigenvalue weighted by molar-refractivity contribution is 9.10. The van der Waals surface area contributed by atoms with Gasteiger partial charge in [-0.3, -0.25) is 4.79 Å². The van der Waals surface area contributed by atoms with E-state index >= 15 is 0 Å². The third-order valence-corrected chi connectivity index (χ3v) is 3.83. The first-order valence-corrected chi connectivity index (χ1v) is 6.78. The summed E-state index contributed by atoms with van der Waals surface area (Å²) in [4.78, 5) is 14.5. The second-order valence-corrected chi connectivity index (χ2v) is 5.22. The molecular formula is C13H17BrN2O2. The van der Waals surface area contributed by atoms with E-state index in [1.54, 1.807) is 7.11 Å². The number of nitrogens with one attached hydrogen (secondary N) is 1. The number of nitrogens with zero attached hydrogens (tertiary/aromatic N) is 1. The number of hydrogen-bond donors (Lipinski definition) is 1. The SMILES string of the molecule is COc1cccc(Br)c1C(=O)N1CCNCC1C. The molecule has 0 radical (unpaired) electrons. The number of benzene rings is 1. The van der Waals surface area contributed by atoms with Crippen LogP contribution in [0.15, 0.2) is 22.7 Å². The minimum Gasteiger partial charge on any atom is -0.496 e. The van der Waals surface area contributed by atoms with E-state index in [-0.39, 0.29) is 11.9 Å². The Labute approximate surface area is 115 Å². The van der Waals surface area contributed by atoms with E-state index < -0.39 is 0 Å². The van der Waals surface area contributed by atoms with Crippen LogP contribution in [0.2, 0.25) is 0 Å². The van der Waals surface area contributed by atoms with Crippen LogP contribution in [-0.2, 0) is 0 Å². The Morgan fingerprint density at radius 3 is 3.00 bits per heavy atom. The summed E-state index contributed by atoms with van der Waals surface area (Å²) in [6.45, 7) is 4.44. The Balaban J connectivity index is 2.33. The molecule has 1 unspecified atom stereocenters. The van der Waals surface area contributed by atoms with Crippen molar-refractivity contribution in [2.45, 2.75) is 13.0 Å². The number of hydrogen-bond acceptors (Lipinski definition) is 3. The molecule has 1 saturated heterocycles. The standard InChI is InChI=1S/C13H17BrN2O2/c1-9-8-15-6-7-16(9)13(17)12-10(14)4-3-5-11(12)18-2/h3-5,9,15H,6-8H2,1-2H3. The normalized spacial score (nSPS) is 19.7. The molecule has 0 bridgehead atoms. The van der Waals surface area contributed by atoms with Gasteiger partial charge in [-0.1, -0.05) is 6.07 Å². The number of carbonyl (C=O) groups excluding carboxylic acids is 1. The average molecular weight is 313 g/mol. The zero-order valence-corrected chi connectivity index (χ0v) is 12.2. The van der Waals surface area contributed by atoms with Gasteiger partial charge >= 0.3 is 0 Å². The fourth-order valence-corrected chi connectivity index (χ4v) is 2.69. The van der Waals surface area contributed by atoms with Crippen LogP contribution in [0.3, 0.4) is 0 Å². The molecule has 0 saturated carbocycles. The third kappa shape index (κ3) is 2.52. The maximum absolute atomic E-state index is 12.6. The maximum atomic E-state index is 12.6. The van der Waals surface area contributed by atoms with Crippen LogP contribution in [-0.4, -0.2) is 43.6 Å². The molecule has 1 fully saturated rings. The Bertz CT molecular complexity index is 451. The van der Waals surface area contributed by atoms with Gasteiger partial charge in [0.15, 0.2) is 0 Å². The van der Waals surface area contributed by atoms with Crippen molar-refractivity contribution in [2.24, 2.45) is 0 Å². The molecule has 0 spiro atoms. The van der Waals surface area contributed by atoms with Gasteiger partial charge < -0.3 is 15.0 Å². The smallest absolute Gasteiger partial charge is 0.259 e. The van der Waals surface area contributed by atoms with Gasteiger partial charge in [-0.2, -0.15) is 0 Å². The summed E-state index contributed by atoms with van der Waals surface area (Å²) in [5.74, 6) is 0.633. The Hall–Kier alpha value is -1.07. The minimum atomic E-state index is 0.0216. The summed E-state index contributed by atoms with van der Waals surface area (Å²) >= 11 is 3.43. The first kappa shape index (κ1) is 13.4. The van der Waals surface area contributed by atoms with E-state index in [1.165, 1.54) is 0 Å². The van der Waals surface area contributed by atoms with Crippen molar-refractivity contribution in [2.75, 3.05) is 26.7 Å². The van der Waals surface area contributed by atoms with Crippen LogP contribution in [0.5, 0.6) is 5.75 Å². The van der Waals surface area contributed by atoms with E-state index in [2.05, 4.69) is 21.2 Å². The van der Waals surface area contributed by atoms with Gasteiger partial charge in [-0.25, -0.2) is 0 Å². The molecule has 1 atom stereocenters. The lowest BCUT2D eigenvalue weighted by atomic mass is 10.1. The van der Waals surface area contributed by atoms with Crippen molar-refractivity contribution >= 4 is 21.8 Å². The first-order valence-electron chi connectivity index (χ1n) is 5.99. The molecule has 0 aliphatic carbocycles. The highest BCUT2D eigenvalue weighted by atomic mass is 79.9. The second-order valence-electron chi connectivity index (χ2n) is 4.37. The summed E-state index contributed by atoms with van der Waals surface area (Å²) in [5.41, 5.74) is 0.605. The topological polar surface area (TPSA) is 41.6 Å². The summed E-state index contributed by atoms with van der Waals surface area (Å²) in [7, 11) is 1.58. The lowest BCUT2D eigenvalue weighted by molar-refractivity contribution is 0.0651. The summed E-state index contributed by atoms with van der Waals surface area (Å²) in [6.07, 6.45) is 0. The van der Waals surface area contributed by atoms with Crippen molar-refractivity contribution in [1.29, 1.82) is 0 Å². The van der Waals surface area contributed by atoms with Gasteiger partial charge in [0.2, 0.25) is 0 Å². The van der Waals surface area contributed by atoms with Gasteiger partial charge in [0.05, 0.1) is 12.7 Å². The molecule has 1 N–H and O–H groups in total. The lowest BCUT2D eigenvalue weighted by Crippen LogP contribution is -2.52. The molecule has 2 rings (SSSR count). The number of ether oxygens (including phenoxy) is 1. The van der Waals surface area contributed by atoms with Gasteiger partial charge in [0.1, 0.15) is 5.75 Å². The molecule has 0 aromatic heterocycles. The fourth-order valence-electron chi connectivity index (χ4n) is 2.17. The van der Waals surface area contributed by atoms with E-state index in [1.807, 2.05) is 30.0 Å². The molecule has 1 aliphatic heterocycles. The maximum Gasteiger partial charge on any atom is 0.259 e. The molecule has 1 aliphatic rings. The van der Waals surface area contributed by atoms with Crippen LogP contribution in [0, 0.1) is 0 Å². The number of amides is 1. The Morgan fingerprint density at radius 2 is 2.33 bits per heavy atom. The molecule has 98 valence electrons. The summed E-state index contributed by atoms with van der Waals surface area (Å²) < 4.78 is 6.06. The predicted octanol–water partition coefficient (Wildman–Crippen LogP) is 1.89. The lowest BCUT2D eigenvalue weighted by Gasteiger charge is -2.34. The molecule has 18 heavy (non-hydrogen) atoms. The van der Waals surface area contributed by atoms with Crippen LogP contribution in [0.25, 0.3) is 0 Å². The number of piperazine rings is 1. The summed E-state index contributed by atoms with van der Waals surface area (Å²) in [5, 5.41) is 3.28. The molecule has 1 heterocycles. The molecule has 1 amide bonds. The molecule has 1 aromatic carbocycles. The van der Waals surface area contributed by atoms with E-state index in [0.29, 0.717) is 11.3 Å². The van der Waals surface area contributed by atoms with Gasteiger partial charge in [0, 0.05) is 30.1 Å². The first-order chi connectivity index (χ1) is 8.65. The van der Waals surface area contributed by atoms with Crippen LogP contribution in [0.4, 0.5) is 0 Å². The number of halogens is 1. The van der Waals surface area contributed by atoms with Gasteiger partial charge in [0.25, 0.3) is 5.91 Å². The number of carbonyl (C=O) groups is 1. The zero-order chi connectivity index (χ0) is 13.1. The molecule has 4 nitrogen and oxygen atoms in total. The summed E-state index contributed by atoms with van der Waals surface area (Å²) in [6, 6.07) is 5.73. The zero-order valence-electron chi connectivity index (χ0n) is 10.6. The number of rotatable bonds is 2. The van der Waals surface area contributed by atoms with Crippen molar-refractivity contribution in [3.63, 3.8) is 0 Å². The molecule has 1 aromatic rings. The second kappa shape index (κ2) is 5.71. The molecule has 5 heteroatoms. The van der Waals surface area contributed by atoms with Crippen LogP contribution < -0.4 is 10.1 Å². The van der Waals surface area contributed by atoms with Crippen LogP contribution in [0.1, 0.15) is 17.3 Å². The highest BCUT2D eigenvalue weighted by Crippen LogP contribution is 2.28. The van der Waals surface area contributed by atoms with Gasteiger partial charge in [-0.15, -0.1) is 0 Å². The molecular weight excluding hydrogens is 296 g/mol. The fraction of sp³-hybridized carbons (Fsp3) is 0.462. The quantitative estimate of drug-likeness (QED) is 0.907. The van der Waals surface area contributed by atoms with E-state index in [4.69, 9.17) is 4.74 Å². The Morgan fingerprint density at radius 1 is 1.56 bits per heavy atom. The van der Waals surface area contributed by atoms with Crippen molar-refractivity contribution in [3.05, 3.63) is 28.2 Å². The highest BCUT2D eigenvalue weighted by Gasteiger charge is 2.27. The van der Waals surface area contributed by atoms with Gasteiger partial charge in [-0.05, 0) is 35.0 Å². The van der Waals surface area contributed by atoms with Crippen molar-refractivity contribution in [3.8, 4) is 5.75 Å². The van der Waals surface area contributed by atoms with E-state index in [9.17, 15) is 4.79 Å². The largest absolute Gasteiger partial charge is 0.496 e. The number of methoxy groups -OCH3 is 1. The van der Waals surface area contributed by atoms with Crippen molar-refractivity contribution in [1.82, 2.24) is 10.2 Å². The Kier molecular flexibility index (Phi) is 4.24. The average Bonchev–Trinajstić information content (AvgIpc) is 2.38.